The van der Waals surface area contributed by atoms with Crippen LogP contribution >= 0.6 is 0 Å². The Balaban J connectivity index is 1.24. The fraction of sp³-hybridized carbons (Fsp3) is 0.407. The van der Waals surface area contributed by atoms with E-state index in [-0.39, 0.29) is 11.8 Å². The zero-order valence-electron chi connectivity index (χ0n) is 21.3. The minimum absolute atomic E-state index is 0.205. The summed E-state index contributed by atoms with van der Waals surface area (Å²) in [6, 6.07) is 9.87. The van der Waals surface area contributed by atoms with Crippen LogP contribution in [0.2, 0.25) is 0 Å². The molecule has 0 bridgehead atoms. The zero-order valence-corrected chi connectivity index (χ0v) is 21.3. The molecule has 2 N–H and O–H groups in total. The van der Waals surface area contributed by atoms with Gasteiger partial charge in [0.05, 0.1) is 11.8 Å². The number of aromatic nitrogens is 5. The third kappa shape index (κ3) is 5.09. The Bertz CT molecular complexity index is 1480. The van der Waals surface area contributed by atoms with E-state index >= 15 is 0 Å². The number of likely N-dealkylation sites (tertiary alicyclic amines) is 2. The molecule has 6 rings (SSSR count). The van der Waals surface area contributed by atoms with Gasteiger partial charge in [0, 0.05) is 69.4 Å². The molecule has 3 aromatic heterocycles. The molecule has 4 aromatic rings. The standard InChI is InChI=1S/C27H31N9O2/c37-22-6-2-12-34(22)14-4-11-29-25-24-26(36(18-30-24)16-15-35-13-3-7-23(35)38)33-27(32-25)31-20-8-9-21-19(17-20)5-1-10-28-21/h1,5,8-10,17-18H,2-4,6-7,11-16H2,(H2,29,31,32,33). The van der Waals surface area contributed by atoms with Gasteiger partial charge in [0.2, 0.25) is 17.8 Å². The van der Waals surface area contributed by atoms with Crippen LogP contribution in [0.4, 0.5) is 17.5 Å². The second-order valence-electron chi connectivity index (χ2n) is 9.79. The lowest BCUT2D eigenvalue weighted by atomic mass is 10.2. The van der Waals surface area contributed by atoms with Crippen molar-refractivity contribution in [1.82, 2.24) is 34.3 Å². The molecule has 196 valence electrons. The summed E-state index contributed by atoms with van der Waals surface area (Å²) in [6.45, 7) is 4.27. The van der Waals surface area contributed by atoms with Gasteiger partial charge in [-0.15, -0.1) is 0 Å². The Morgan fingerprint density at radius 3 is 2.50 bits per heavy atom. The third-order valence-corrected chi connectivity index (χ3v) is 7.17. The van der Waals surface area contributed by atoms with Crippen LogP contribution in [0.1, 0.15) is 32.1 Å². The first-order valence-corrected chi connectivity index (χ1v) is 13.3. The van der Waals surface area contributed by atoms with Crippen molar-refractivity contribution in [3.05, 3.63) is 42.9 Å². The molecule has 5 heterocycles. The van der Waals surface area contributed by atoms with E-state index < -0.39 is 0 Å². The highest BCUT2D eigenvalue weighted by molar-refractivity contribution is 5.86. The van der Waals surface area contributed by atoms with Gasteiger partial charge < -0.3 is 25.0 Å². The van der Waals surface area contributed by atoms with Crippen LogP contribution in [0.3, 0.4) is 0 Å². The molecule has 2 aliphatic heterocycles. The van der Waals surface area contributed by atoms with Gasteiger partial charge >= 0.3 is 0 Å². The van der Waals surface area contributed by atoms with Crippen LogP contribution in [0.5, 0.6) is 0 Å². The minimum atomic E-state index is 0.205. The predicted molar refractivity (Wildman–Crippen MR) is 145 cm³/mol. The molecule has 0 unspecified atom stereocenters. The average molecular weight is 514 g/mol. The van der Waals surface area contributed by atoms with Gasteiger partial charge in [-0.1, -0.05) is 6.07 Å². The molecule has 0 saturated carbocycles. The van der Waals surface area contributed by atoms with Crippen molar-refractivity contribution in [2.75, 3.05) is 43.4 Å². The summed E-state index contributed by atoms with van der Waals surface area (Å²) >= 11 is 0. The smallest absolute Gasteiger partial charge is 0.231 e. The van der Waals surface area contributed by atoms with E-state index in [4.69, 9.17) is 9.97 Å². The number of benzene rings is 1. The monoisotopic (exact) mass is 513 g/mol. The number of amides is 2. The first-order chi connectivity index (χ1) is 18.6. The molecule has 38 heavy (non-hydrogen) atoms. The summed E-state index contributed by atoms with van der Waals surface area (Å²) < 4.78 is 1.98. The van der Waals surface area contributed by atoms with E-state index in [0.717, 1.165) is 55.5 Å². The molecule has 2 aliphatic rings. The number of imidazole rings is 1. The Morgan fingerprint density at radius 1 is 0.895 bits per heavy atom. The van der Waals surface area contributed by atoms with Crippen molar-refractivity contribution in [3.8, 4) is 0 Å². The number of anilines is 3. The molecule has 0 aliphatic carbocycles. The molecule has 2 saturated heterocycles. The van der Waals surface area contributed by atoms with E-state index in [0.29, 0.717) is 55.4 Å². The summed E-state index contributed by atoms with van der Waals surface area (Å²) in [5.41, 5.74) is 3.16. The second kappa shape index (κ2) is 10.6. The molecule has 11 nitrogen and oxygen atoms in total. The predicted octanol–water partition coefficient (Wildman–Crippen LogP) is 3.16. The van der Waals surface area contributed by atoms with Crippen LogP contribution in [-0.4, -0.2) is 78.8 Å². The maximum atomic E-state index is 12.1. The van der Waals surface area contributed by atoms with Gasteiger partial charge in [-0.05, 0) is 43.5 Å². The van der Waals surface area contributed by atoms with Gasteiger partial charge in [-0.25, -0.2) is 4.98 Å². The number of pyridine rings is 1. The average Bonchev–Trinajstić information content (AvgIpc) is 3.65. The van der Waals surface area contributed by atoms with Crippen LogP contribution in [0, 0.1) is 0 Å². The molecule has 0 atom stereocenters. The normalized spacial score (nSPS) is 15.8. The number of nitrogens with one attached hydrogen (secondary N) is 2. The van der Waals surface area contributed by atoms with E-state index in [2.05, 4.69) is 20.6 Å². The highest BCUT2D eigenvalue weighted by Gasteiger charge is 2.21. The number of carbonyl (C=O) groups excluding carboxylic acids is 2. The van der Waals surface area contributed by atoms with E-state index in [1.54, 1.807) is 12.5 Å². The topological polar surface area (TPSA) is 121 Å². The maximum absolute atomic E-state index is 12.1. The van der Waals surface area contributed by atoms with Crippen LogP contribution in [-0.2, 0) is 16.1 Å². The van der Waals surface area contributed by atoms with Gasteiger partial charge in [0.1, 0.15) is 0 Å². The Morgan fingerprint density at radius 2 is 1.71 bits per heavy atom. The Hall–Kier alpha value is -4.28. The molecule has 0 spiro atoms. The van der Waals surface area contributed by atoms with E-state index in [9.17, 15) is 9.59 Å². The minimum Gasteiger partial charge on any atom is -0.368 e. The molecular formula is C27H31N9O2. The van der Waals surface area contributed by atoms with Crippen LogP contribution < -0.4 is 10.6 Å². The molecule has 0 radical (unpaired) electrons. The molecule has 2 amide bonds. The van der Waals surface area contributed by atoms with Gasteiger partial charge in [0.15, 0.2) is 17.0 Å². The SMILES string of the molecule is O=C1CCCN1CCCNc1nc(Nc2ccc3ncccc3c2)nc2c1ncn2CCN1CCCC1=O. The summed E-state index contributed by atoms with van der Waals surface area (Å²) in [5, 5.41) is 7.78. The number of carbonyl (C=O) groups is 2. The maximum Gasteiger partial charge on any atom is 0.231 e. The highest BCUT2D eigenvalue weighted by Crippen LogP contribution is 2.25. The van der Waals surface area contributed by atoms with Crippen molar-refractivity contribution in [1.29, 1.82) is 0 Å². The Kier molecular flexibility index (Phi) is 6.72. The summed E-state index contributed by atoms with van der Waals surface area (Å²) in [5.74, 6) is 1.54. The summed E-state index contributed by atoms with van der Waals surface area (Å²) in [6.07, 6.45) is 7.49. The molecular weight excluding hydrogens is 482 g/mol. The third-order valence-electron chi connectivity index (χ3n) is 7.17. The van der Waals surface area contributed by atoms with E-state index in [1.165, 1.54) is 0 Å². The van der Waals surface area contributed by atoms with Crippen molar-refractivity contribution in [2.45, 2.75) is 38.6 Å². The molecule has 2 fully saturated rings. The quantitative estimate of drug-likeness (QED) is 0.310. The first kappa shape index (κ1) is 24.1. The lowest BCUT2D eigenvalue weighted by Crippen LogP contribution is -2.28. The molecule has 1 aromatic carbocycles. The largest absolute Gasteiger partial charge is 0.368 e. The van der Waals surface area contributed by atoms with Gasteiger partial charge in [-0.2, -0.15) is 9.97 Å². The number of nitrogens with zero attached hydrogens (tertiary/aromatic N) is 7. The lowest BCUT2D eigenvalue weighted by molar-refractivity contribution is -0.128. The van der Waals surface area contributed by atoms with Crippen LogP contribution in [0.25, 0.3) is 22.1 Å². The van der Waals surface area contributed by atoms with Gasteiger partial charge in [0.25, 0.3) is 0 Å². The Labute approximate surface area is 220 Å². The lowest BCUT2D eigenvalue weighted by Gasteiger charge is -2.16. The second-order valence-corrected chi connectivity index (χ2v) is 9.79. The van der Waals surface area contributed by atoms with Crippen molar-refractivity contribution < 1.29 is 9.59 Å². The number of rotatable bonds is 10. The fourth-order valence-electron chi connectivity index (χ4n) is 5.16. The number of fused-ring (bicyclic) bond motifs is 2. The van der Waals surface area contributed by atoms with Crippen molar-refractivity contribution in [3.63, 3.8) is 0 Å². The fourth-order valence-corrected chi connectivity index (χ4v) is 5.16. The summed E-state index contributed by atoms with van der Waals surface area (Å²) in [7, 11) is 0. The number of hydrogen-bond donors (Lipinski definition) is 2. The van der Waals surface area contributed by atoms with Crippen molar-refractivity contribution in [2.24, 2.45) is 0 Å². The summed E-state index contributed by atoms with van der Waals surface area (Å²) in [4.78, 5) is 46.4. The van der Waals surface area contributed by atoms with E-state index in [1.807, 2.05) is 44.7 Å². The van der Waals surface area contributed by atoms with Crippen molar-refractivity contribution >= 4 is 51.3 Å². The number of hydrogen-bond acceptors (Lipinski definition) is 8. The first-order valence-electron chi connectivity index (χ1n) is 13.3. The molecule has 11 heteroatoms. The van der Waals surface area contributed by atoms with Crippen LogP contribution in [0.15, 0.2) is 42.9 Å². The zero-order chi connectivity index (χ0) is 25.9. The highest BCUT2D eigenvalue weighted by atomic mass is 16.2. The van der Waals surface area contributed by atoms with Gasteiger partial charge in [-0.3, -0.25) is 14.6 Å².